The summed E-state index contributed by atoms with van der Waals surface area (Å²) in [6, 6.07) is 8.58. The highest BCUT2D eigenvalue weighted by molar-refractivity contribution is 7.17. The maximum atomic E-state index is 4.48. The maximum absolute atomic E-state index is 4.48. The third-order valence-corrected chi connectivity index (χ3v) is 4.47. The van der Waals surface area contributed by atoms with Gasteiger partial charge in [0.25, 0.3) is 0 Å². The van der Waals surface area contributed by atoms with Crippen molar-refractivity contribution < 1.29 is 0 Å². The summed E-state index contributed by atoms with van der Waals surface area (Å²) in [7, 11) is 0. The number of fused-ring (bicyclic) bond motifs is 1. The second-order valence-electron chi connectivity index (χ2n) is 5.82. The van der Waals surface area contributed by atoms with Gasteiger partial charge in [-0.3, -0.25) is 0 Å². The van der Waals surface area contributed by atoms with E-state index < -0.39 is 0 Å². The molecule has 21 heavy (non-hydrogen) atoms. The van der Waals surface area contributed by atoms with Gasteiger partial charge in [-0.2, -0.15) is 0 Å². The van der Waals surface area contributed by atoms with Gasteiger partial charge < -0.3 is 9.88 Å². The lowest BCUT2D eigenvalue weighted by atomic mass is 10.2. The standard InChI is InChI=1S/C17H21N3S/c1-13(2)7-18-8-15-10-20(12-19-15)9-14-11-21-17-6-4-3-5-16(14)17/h3-6,10-13,18H,7-9H2,1-2H3. The first kappa shape index (κ1) is 14.3. The second kappa shape index (κ2) is 6.41. The predicted molar refractivity (Wildman–Crippen MR) is 89.7 cm³/mol. The molecule has 1 N–H and O–H groups in total. The van der Waals surface area contributed by atoms with E-state index in [0.717, 1.165) is 25.3 Å². The number of nitrogens with zero attached hydrogens (tertiary/aromatic N) is 2. The van der Waals surface area contributed by atoms with Crippen molar-refractivity contribution in [2.24, 2.45) is 5.92 Å². The molecule has 0 aliphatic heterocycles. The number of hydrogen-bond acceptors (Lipinski definition) is 3. The van der Waals surface area contributed by atoms with Gasteiger partial charge in [0.15, 0.2) is 0 Å². The van der Waals surface area contributed by atoms with Crippen LogP contribution in [0.4, 0.5) is 0 Å². The first-order valence-corrected chi connectivity index (χ1v) is 8.27. The van der Waals surface area contributed by atoms with E-state index in [-0.39, 0.29) is 0 Å². The first-order valence-electron chi connectivity index (χ1n) is 7.39. The number of thiophene rings is 1. The lowest BCUT2D eigenvalue weighted by molar-refractivity contribution is 0.548. The zero-order valence-electron chi connectivity index (χ0n) is 12.5. The van der Waals surface area contributed by atoms with Gasteiger partial charge in [0.2, 0.25) is 0 Å². The van der Waals surface area contributed by atoms with Crippen LogP contribution in [0.25, 0.3) is 10.1 Å². The Morgan fingerprint density at radius 2 is 2.14 bits per heavy atom. The largest absolute Gasteiger partial charge is 0.333 e. The van der Waals surface area contributed by atoms with Crippen molar-refractivity contribution in [1.82, 2.24) is 14.9 Å². The van der Waals surface area contributed by atoms with Crippen LogP contribution < -0.4 is 5.32 Å². The van der Waals surface area contributed by atoms with E-state index >= 15 is 0 Å². The molecule has 0 atom stereocenters. The third kappa shape index (κ3) is 3.52. The van der Waals surface area contributed by atoms with Gasteiger partial charge in [-0.05, 0) is 34.9 Å². The van der Waals surface area contributed by atoms with Crippen molar-refractivity contribution in [1.29, 1.82) is 0 Å². The van der Waals surface area contributed by atoms with Crippen LogP contribution in [0.15, 0.2) is 42.2 Å². The molecular weight excluding hydrogens is 278 g/mol. The van der Waals surface area contributed by atoms with Crippen LogP contribution in [0.5, 0.6) is 0 Å². The van der Waals surface area contributed by atoms with Crippen LogP contribution in [0.3, 0.4) is 0 Å². The second-order valence-corrected chi connectivity index (χ2v) is 6.73. The van der Waals surface area contributed by atoms with Gasteiger partial charge in [-0.25, -0.2) is 4.98 Å². The summed E-state index contributed by atoms with van der Waals surface area (Å²) < 4.78 is 3.52. The van der Waals surface area contributed by atoms with Crippen LogP contribution >= 0.6 is 11.3 Å². The van der Waals surface area contributed by atoms with E-state index in [4.69, 9.17) is 0 Å². The minimum absolute atomic E-state index is 0.671. The molecule has 3 aromatic rings. The molecule has 2 heterocycles. The summed E-state index contributed by atoms with van der Waals surface area (Å²) in [5.41, 5.74) is 2.48. The molecular formula is C17H21N3S. The minimum atomic E-state index is 0.671. The highest BCUT2D eigenvalue weighted by atomic mass is 32.1. The Labute approximate surface area is 129 Å². The molecule has 0 saturated carbocycles. The van der Waals surface area contributed by atoms with Crippen LogP contribution in [-0.4, -0.2) is 16.1 Å². The lowest BCUT2D eigenvalue weighted by Crippen LogP contribution is -2.19. The highest BCUT2D eigenvalue weighted by Crippen LogP contribution is 2.26. The van der Waals surface area contributed by atoms with Crippen molar-refractivity contribution >= 4 is 21.4 Å². The van der Waals surface area contributed by atoms with E-state index in [2.05, 4.69) is 64.6 Å². The molecule has 0 unspecified atom stereocenters. The zero-order chi connectivity index (χ0) is 14.7. The Hall–Kier alpha value is -1.65. The molecule has 0 aliphatic rings. The van der Waals surface area contributed by atoms with Crippen molar-refractivity contribution in [3.63, 3.8) is 0 Å². The number of hydrogen-bond donors (Lipinski definition) is 1. The van der Waals surface area contributed by atoms with Crippen molar-refractivity contribution in [3.8, 4) is 0 Å². The van der Waals surface area contributed by atoms with Gasteiger partial charge >= 0.3 is 0 Å². The quantitative estimate of drug-likeness (QED) is 0.748. The summed E-state index contributed by atoms with van der Waals surface area (Å²) in [5.74, 6) is 0.671. The van der Waals surface area contributed by atoms with Gasteiger partial charge in [0.1, 0.15) is 0 Å². The van der Waals surface area contributed by atoms with Gasteiger partial charge in [0.05, 0.1) is 12.0 Å². The molecule has 3 nitrogen and oxygen atoms in total. The molecule has 0 saturated heterocycles. The number of imidazole rings is 1. The number of nitrogens with one attached hydrogen (secondary N) is 1. The fourth-order valence-corrected chi connectivity index (χ4v) is 3.38. The molecule has 1 aromatic carbocycles. The summed E-state index contributed by atoms with van der Waals surface area (Å²) in [6.45, 7) is 7.19. The summed E-state index contributed by atoms with van der Waals surface area (Å²) >= 11 is 1.81. The molecule has 0 aliphatic carbocycles. The molecule has 2 aromatic heterocycles. The average Bonchev–Trinajstić information content (AvgIpc) is 3.07. The average molecular weight is 299 g/mol. The zero-order valence-corrected chi connectivity index (χ0v) is 13.4. The van der Waals surface area contributed by atoms with Crippen LogP contribution in [0.1, 0.15) is 25.1 Å². The van der Waals surface area contributed by atoms with E-state index in [0.29, 0.717) is 5.92 Å². The van der Waals surface area contributed by atoms with E-state index in [1.165, 1.54) is 15.6 Å². The van der Waals surface area contributed by atoms with Crippen LogP contribution in [0.2, 0.25) is 0 Å². The monoisotopic (exact) mass is 299 g/mol. The normalized spacial score (nSPS) is 11.6. The Morgan fingerprint density at radius 1 is 1.29 bits per heavy atom. The molecule has 4 heteroatoms. The summed E-state index contributed by atoms with van der Waals surface area (Å²) in [4.78, 5) is 4.48. The van der Waals surface area contributed by atoms with Crippen molar-refractivity contribution in [2.75, 3.05) is 6.54 Å². The van der Waals surface area contributed by atoms with Crippen LogP contribution in [-0.2, 0) is 13.1 Å². The SMILES string of the molecule is CC(C)CNCc1cn(Cc2csc3ccccc23)cn1. The van der Waals surface area contributed by atoms with E-state index in [1.54, 1.807) is 0 Å². The van der Waals surface area contributed by atoms with Crippen molar-refractivity contribution in [2.45, 2.75) is 26.9 Å². The third-order valence-electron chi connectivity index (χ3n) is 3.46. The number of benzene rings is 1. The molecule has 110 valence electrons. The highest BCUT2D eigenvalue weighted by Gasteiger charge is 2.05. The molecule has 0 amide bonds. The summed E-state index contributed by atoms with van der Waals surface area (Å²) in [5, 5.41) is 7.04. The number of rotatable bonds is 6. The molecule has 0 bridgehead atoms. The Bertz CT molecular complexity index is 711. The predicted octanol–water partition coefficient (Wildman–Crippen LogP) is 3.89. The van der Waals surface area contributed by atoms with Gasteiger partial charge in [-0.1, -0.05) is 32.0 Å². The fourth-order valence-electron chi connectivity index (χ4n) is 2.42. The smallest absolute Gasteiger partial charge is 0.0953 e. The number of aromatic nitrogens is 2. The van der Waals surface area contributed by atoms with E-state index in [1.807, 2.05) is 17.7 Å². The fraction of sp³-hybridized carbons (Fsp3) is 0.353. The lowest BCUT2D eigenvalue weighted by Gasteiger charge is -2.05. The molecule has 0 fully saturated rings. The summed E-state index contributed by atoms with van der Waals surface area (Å²) in [6.07, 6.45) is 4.07. The first-order chi connectivity index (χ1) is 10.2. The Kier molecular flexibility index (Phi) is 4.36. The van der Waals surface area contributed by atoms with Crippen LogP contribution in [0, 0.1) is 5.92 Å². The van der Waals surface area contributed by atoms with Gasteiger partial charge in [0, 0.05) is 24.0 Å². The molecule has 3 rings (SSSR count). The Balaban J connectivity index is 1.67. The van der Waals surface area contributed by atoms with E-state index in [9.17, 15) is 0 Å². The van der Waals surface area contributed by atoms with Gasteiger partial charge in [-0.15, -0.1) is 11.3 Å². The molecule has 0 radical (unpaired) electrons. The Morgan fingerprint density at radius 3 is 3.00 bits per heavy atom. The minimum Gasteiger partial charge on any atom is -0.333 e. The maximum Gasteiger partial charge on any atom is 0.0953 e. The molecule has 0 spiro atoms. The van der Waals surface area contributed by atoms with Crippen molar-refractivity contribution in [3.05, 3.63) is 53.4 Å². The topological polar surface area (TPSA) is 29.9 Å².